The largest absolute Gasteiger partial charge is 0.382 e. The molecule has 1 aromatic rings. The second-order valence-corrected chi connectivity index (χ2v) is 6.08. The van der Waals surface area contributed by atoms with Gasteiger partial charge < -0.3 is 20.7 Å². The zero-order chi connectivity index (χ0) is 13.4. The molecular formula is C12H18N4O2S. The quantitative estimate of drug-likeness (QED) is 0.866. The molecule has 0 aromatic carbocycles. The molecule has 7 heteroatoms. The number of hydrogen-bond donors (Lipinski definition) is 2. The summed E-state index contributed by atoms with van der Waals surface area (Å²) in [4.78, 5) is 18.9. The van der Waals surface area contributed by atoms with Crippen molar-refractivity contribution in [3.05, 3.63) is 4.88 Å². The number of likely N-dealkylation sites (N-methyl/N-ethyl adjacent to an activating group) is 1. The summed E-state index contributed by atoms with van der Waals surface area (Å²) in [5.41, 5.74) is 5.86. The maximum atomic E-state index is 12.4. The molecule has 2 aliphatic rings. The Balaban J connectivity index is 1.72. The zero-order valence-corrected chi connectivity index (χ0v) is 11.7. The van der Waals surface area contributed by atoms with E-state index in [9.17, 15) is 4.79 Å². The van der Waals surface area contributed by atoms with E-state index in [-0.39, 0.29) is 11.9 Å². The highest BCUT2D eigenvalue weighted by molar-refractivity contribution is 7.18. The van der Waals surface area contributed by atoms with Crippen LogP contribution in [0, 0.1) is 0 Å². The molecule has 1 amide bonds. The number of hydrogen-bond acceptors (Lipinski definition) is 6. The lowest BCUT2D eigenvalue weighted by Gasteiger charge is -2.22. The number of ether oxygens (including phenoxy) is 1. The molecule has 1 aliphatic heterocycles. The normalized spacial score (nSPS) is 22.5. The summed E-state index contributed by atoms with van der Waals surface area (Å²) in [5, 5.41) is 4.02. The van der Waals surface area contributed by atoms with Crippen LogP contribution in [-0.4, -0.2) is 48.1 Å². The van der Waals surface area contributed by atoms with Crippen molar-refractivity contribution < 1.29 is 9.53 Å². The summed E-state index contributed by atoms with van der Waals surface area (Å²) in [6.07, 6.45) is 3.22. The van der Waals surface area contributed by atoms with Gasteiger partial charge in [0.25, 0.3) is 5.91 Å². The van der Waals surface area contributed by atoms with Crippen LogP contribution in [0.5, 0.6) is 0 Å². The highest BCUT2D eigenvalue weighted by Crippen LogP contribution is 2.31. The van der Waals surface area contributed by atoms with Crippen molar-refractivity contribution >= 4 is 28.2 Å². The highest BCUT2D eigenvalue weighted by atomic mass is 32.1. The van der Waals surface area contributed by atoms with Crippen molar-refractivity contribution in [1.29, 1.82) is 0 Å². The van der Waals surface area contributed by atoms with Crippen LogP contribution < -0.4 is 11.1 Å². The fourth-order valence-corrected chi connectivity index (χ4v) is 3.05. The first-order valence-electron chi connectivity index (χ1n) is 6.53. The Hall–Kier alpha value is -1.34. The Bertz CT molecular complexity index is 480. The monoisotopic (exact) mass is 282 g/mol. The second kappa shape index (κ2) is 4.97. The molecule has 104 valence electrons. The molecule has 2 fully saturated rings. The first-order chi connectivity index (χ1) is 9.15. The van der Waals surface area contributed by atoms with Crippen molar-refractivity contribution in [2.75, 3.05) is 31.3 Å². The molecule has 1 saturated heterocycles. The van der Waals surface area contributed by atoms with Gasteiger partial charge in [0, 0.05) is 19.7 Å². The van der Waals surface area contributed by atoms with Gasteiger partial charge in [-0.3, -0.25) is 4.79 Å². The number of rotatable bonds is 4. The number of nitrogens with one attached hydrogen (secondary N) is 1. The van der Waals surface area contributed by atoms with E-state index in [0.717, 1.165) is 18.2 Å². The molecule has 1 aliphatic carbocycles. The molecule has 3 rings (SSSR count). The summed E-state index contributed by atoms with van der Waals surface area (Å²) in [5.74, 6) is 0.262. The number of nitrogens with two attached hydrogens (primary N) is 1. The first-order valence-corrected chi connectivity index (χ1v) is 7.34. The van der Waals surface area contributed by atoms with E-state index in [1.165, 1.54) is 24.2 Å². The Morgan fingerprint density at radius 1 is 1.53 bits per heavy atom. The van der Waals surface area contributed by atoms with Crippen molar-refractivity contribution in [2.24, 2.45) is 0 Å². The fourth-order valence-electron chi connectivity index (χ4n) is 2.10. The van der Waals surface area contributed by atoms with Gasteiger partial charge in [-0.05, 0) is 19.3 Å². The van der Waals surface area contributed by atoms with Gasteiger partial charge in [0.1, 0.15) is 10.7 Å². The summed E-state index contributed by atoms with van der Waals surface area (Å²) in [6.45, 7) is 1.32. The number of carbonyl (C=O) groups excluding carboxylic acids is 1. The van der Waals surface area contributed by atoms with E-state index in [1.807, 2.05) is 0 Å². The third-order valence-electron chi connectivity index (χ3n) is 3.53. The van der Waals surface area contributed by atoms with E-state index in [4.69, 9.17) is 10.5 Å². The number of nitrogens with zero attached hydrogens (tertiary/aromatic N) is 2. The van der Waals surface area contributed by atoms with E-state index in [1.54, 1.807) is 11.9 Å². The number of nitrogen functional groups attached to an aromatic ring is 1. The molecule has 1 atom stereocenters. The topological polar surface area (TPSA) is 80.5 Å². The number of anilines is 2. The summed E-state index contributed by atoms with van der Waals surface area (Å²) < 4.78 is 5.31. The van der Waals surface area contributed by atoms with Crippen LogP contribution in [0.25, 0.3) is 0 Å². The van der Waals surface area contributed by atoms with Crippen LogP contribution in [-0.2, 0) is 4.74 Å². The molecule has 0 spiro atoms. The van der Waals surface area contributed by atoms with Gasteiger partial charge in [-0.2, -0.15) is 0 Å². The fraction of sp³-hybridized carbons (Fsp3) is 0.667. The lowest BCUT2D eigenvalue weighted by molar-refractivity contribution is 0.0717. The molecule has 1 aromatic heterocycles. The average Bonchev–Trinajstić information content (AvgIpc) is 2.92. The minimum Gasteiger partial charge on any atom is -0.382 e. The minimum atomic E-state index is -0.0608. The van der Waals surface area contributed by atoms with Crippen LogP contribution >= 0.6 is 11.3 Å². The predicted molar refractivity (Wildman–Crippen MR) is 74.5 cm³/mol. The number of thiazole rings is 1. The number of aromatic nitrogens is 1. The number of amides is 1. The van der Waals surface area contributed by atoms with Crippen LogP contribution in [0.4, 0.5) is 10.9 Å². The van der Waals surface area contributed by atoms with Gasteiger partial charge in [-0.25, -0.2) is 4.98 Å². The Labute approximate surface area is 115 Å². The SMILES string of the molecule is CN(C(=O)c1sc(NC2CC2)nc1N)C1CCOC1. The van der Waals surface area contributed by atoms with Gasteiger partial charge in [-0.1, -0.05) is 11.3 Å². The van der Waals surface area contributed by atoms with Crippen LogP contribution in [0.1, 0.15) is 28.9 Å². The molecule has 19 heavy (non-hydrogen) atoms. The van der Waals surface area contributed by atoms with E-state index >= 15 is 0 Å². The molecular weight excluding hydrogens is 264 g/mol. The van der Waals surface area contributed by atoms with E-state index < -0.39 is 0 Å². The molecule has 3 N–H and O–H groups in total. The molecule has 6 nitrogen and oxygen atoms in total. The predicted octanol–water partition coefficient (Wildman–Crippen LogP) is 1.16. The minimum absolute atomic E-state index is 0.0608. The molecule has 2 heterocycles. The van der Waals surface area contributed by atoms with Crippen molar-refractivity contribution in [1.82, 2.24) is 9.88 Å². The average molecular weight is 282 g/mol. The van der Waals surface area contributed by atoms with Gasteiger partial charge in [0.05, 0.1) is 12.6 Å². The second-order valence-electron chi connectivity index (χ2n) is 5.09. The van der Waals surface area contributed by atoms with Crippen LogP contribution in [0.2, 0.25) is 0 Å². The van der Waals surface area contributed by atoms with E-state index in [2.05, 4.69) is 10.3 Å². The zero-order valence-electron chi connectivity index (χ0n) is 10.9. The summed E-state index contributed by atoms with van der Waals surface area (Å²) >= 11 is 1.34. The Morgan fingerprint density at radius 3 is 2.95 bits per heavy atom. The first kappa shape index (κ1) is 12.7. The van der Waals surface area contributed by atoms with Crippen LogP contribution in [0.3, 0.4) is 0 Å². The Morgan fingerprint density at radius 2 is 2.32 bits per heavy atom. The molecule has 0 bridgehead atoms. The summed E-state index contributed by atoms with van der Waals surface area (Å²) in [7, 11) is 1.80. The lowest BCUT2D eigenvalue weighted by atomic mass is 10.2. The van der Waals surface area contributed by atoms with Gasteiger partial charge in [0.2, 0.25) is 0 Å². The van der Waals surface area contributed by atoms with Gasteiger partial charge in [0.15, 0.2) is 5.13 Å². The van der Waals surface area contributed by atoms with Crippen LogP contribution in [0.15, 0.2) is 0 Å². The molecule has 1 unspecified atom stereocenters. The standard InChI is InChI=1S/C12H18N4O2S/c1-16(8-4-5-18-6-8)11(17)9-10(13)15-12(19-9)14-7-2-3-7/h7-8H,2-6,13H2,1H3,(H,14,15). The van der Waals surface area contributed by atoms with Gasteiger partial charge in [-0.15, -0.1) is 0 Å². The third-order valence-corrected chi connectivity index (χ3v) is 4.52. The molecule has 1 saturated carbocycles. The van der Waals surface area contributed by atoms with Crippen molar-refractivity contribution in [3.8, 4) is 0 Å². The van der Waals surface area contributed by atoms with E-state index in [0.29, 0.717) is 23.3 Å². The van der Waals surface area contributed by atoms with Crippen molar-refractivity contribution in [2.45, 2.75) is 31.3 Å². The smallest absolute Gasteiger partial charge is 0.267 e. The lowest BCUT2D eigenvalue weighted by Crippen LogP contribution is -2.37. The maximum Gasteiger partial charge on any atom is 0.267 e. The highest BCUT2D eigenvalue weighted by Gasteiger charge is 2.29. The Kier molecular flexibility index (Phi) is 3.32. The number of carbonyl (C=O) groups is 1. The van der Waals surface area contributed by atoms with Gasteiger partial charge >= 0.3 is 0 Å². The summed E-state index contributed by atoms with van der Waals surface area (Å²) in [6, 6.07) is 0.656. The maximum absolute atomic E-state index is 12.4. The third kappa shape index (κ3) is 2.66. The molecule has 0 radical (unpaired) electrons. The van der Waals surface area contributed by atoms with Crippen molar-refractivity contribution in [3.63, 3.8) is 0 Å².